The number of carbonyl (C=O) groups excluding carboxylic acids is 1. The van der Waals surface area contributed by atoms with Gasteiger partial charge in [-0.25, -0.2) is 18.6 Å². The topological polar surface area (TPSA) is 73.3 Å². The zero-order valence-corrected chi connectivity index (χ0v) is 24.3. The van der Waals surface area contributed by atoms with Crippen LogP contribution in [-0.4, -0.2) is 33.5 Å². The van der Waals surface area contributed by atoms with Gasteiger partial charge in [-0.2, -0.15) is 18.2 Å². The number of hydrogen-bond donors (Lipinski definition) is 1. The molecule has 2 aromatic heterocycles. The van der Waals surface area contributed by atoms with Gasteiger partial charge in [0.2, 0.25) is 5.88 Å². The lowest BCUT2D eigenvalue weighted by atomic mass is 9.93. The van der Waals surface area contributed by atoms with E-state index in [1.807, 2.05) is 0 Å². The zero-order chi connectivity index (χ0) is 29.8. The van der Waals surface area contributed by atoms with Gasteiger partial charge in [0.05, 0.1) is 16.0 Å². The summed E-state index contributed by atoms with van der Waals surface area (Å²) in [6.45, 7) is 10.0. The van der Waals surface area contributed by atoms with Crippen molar-refractivity contribution in [2.24, 2.45) is 0 Å². The van der Waals surface area contributed by atoms with Crippen molar-refractivity contribution in [3.8, 4) is 17.0 Å². The van der Waals surface area contributed by atoms with Crippen LogP contribution >= 0.6 is 23.1 Å². The fourth-order valence-electron chi connectivity index (χ4n) is 3.91. The molecular weight excluding hydrogens is 573 g/mol. The number of amides is 1. The van der Waals surface area contributed by atoms with Crippen molar-refractivity contribution in [1.82, 2.24) is 9.97 Å². The minimum absolute atomic E-state index is 0.0230. The number of nitrogens with one attached hydrogen (secondary N) is 1. The smallest absolute Gasteiger partial charge is 0.417 e. The van der Waals surface area contributed by atoms with Gasteiger partial charge < -0.3 is 9.47 Å². The number of benzene rings is 2. The lowest BCUT2D eigenvalue weighted by Crippen LogP contribution is -2.26. The van der Waals surface area contributed by atoms with Gasteiger partial charge in [0, 0.05) is 21.2 Å². The summed E-state index contributed by atoms with van der Waals surface area (Å²) < 4.78 is 86.4. The molecule has 4 aromatic rings. The number of aromatic nitrogens is 2. The number of thioether (sulfide) groups is 1. The predicted molar refractivity (Wildman–Crippen MR) is 147 cm³/mol. The summed E-state index contributed by atoms with van der Waals surface area (Å²) in [5.41, 5.74) is -5.15. The van der Waals surface area contributed by atoms with Crippen LogP contribution < -0.4 is 10.1 Å². The van der Waals surface area contributed by atoms with Crippen LogP contribution in [0.25, 0.3) is 32.1 Å². The maximum absolute atomic E-state index is 16.3. The van der Waals surface area contributed by atoms with Gasteiger partial charge in [-0.1, -0.05) is 11.8 Å². The molecule has 0 aliphatic rings. The molecular formula is C27H26F5N3O3S2. The van der Waals surface area contributed by atoms with Crippen molar-refractivity contribution < 1.29 is 36.2 Å². The molecule has 2 heterocycles. The SMILES string of the molecule is CSc1nc(OC(C)(C)C)c2cc(C(F)(F)F)c(-c3c(F)ccc4sc(NC(=O)OC(C)(C)C)cc34)c(F)c2n1. The molecule has 0 aliphatic heterocycles. The first-order valence-corrected chi connectivity index (χ1v) is 14.0. The number of hydrogen-bond acceptors (Lipinski definition) is 7. The first kappa shape index (κ1) is 29.8. The van der Waals surface area contributed by atoms with E-state index in [2.05, 4.69) is 15.3 Å². The largest absolute Gasteiger partial charge is 0.471 e. The second kappa shape index (κ2) is 10.3. The van der Waals surface area contributed by atoms with E-state index in [9.17, 15) is 18.0 Å². The Morgan fingerprint density at radius 1 is 0.950 bits per heavy atom. The maximum atomic E-state index is 16.3. The third kappa shape index (κ3) is 6.25. The van der Waals surface area contributed by atoms with Gasteiger partial charge in [-0.05, 0) is 72.1 Å². The second-order valence-electron chi connectivity index (χ2n) is 10.8. The van der Waals surface area contributed by atoms with Crippen LogP contribution in [0.4, 0.5) is 31.7 Å². The van der Waals surface area contributed by atoms with E-state index in [1.165, 1.54) is 12.1 Å². The minimum Gasteiger partial charge on any atom is -0.471 e. The summed E-state index contributed by atoms with van der Waals surface area (Å²) in [5, 5.41) is 2.42. The summed E-state index contributed by atoms with van der Waals surface area (Å²) in [5.74, 6) is -2.68. The number of halogens is 5. The number of thiophene rings is 1. The Bertz CT molecular complexity index is 1620. The Balaban J connectivity index is 2.02. The van der Waals surface area contributed by atoms with E-state index in [0.717, 1.165) is 29.2 Å². The molecule has 1 amide bonds. The summed E-state index contributed by atoms with van der Waals surface area (Å²) in [7, 11) is 0. The van der Waals surface area contributed by atoms with E-state index in [-0.39, 0.29) is 26.8 Å². The van der Waals surface area contributed by atoms with Gasteiger partial charge in [0.1, 0.15) is 22.5 Å². The second-order valence-corrected chi connectivity index (χ2v) is 12.7. The molecule has 214 valence electrons. The molecule has 0 spiro atoms. The van der Waals surface area contributed by atoms with Gasteiger partial charge in [0.25, 0.3) is 0 Å². The molecule has 0 fully saturated rings. The number of anilines is 1. The number of nitrogens with zero attached hydrogens (tertiary/aromatic N) is 2. The predicted octanol–water partition coefficient (Wildman–Crippen LogP) is 9.05. The highest BCUT2D eigenvalue weighted by Gasteiger charge is 2.39. The van der Waals surface area contributed by atoms with Crippen molar-refractivity contribution in [2.75, 3.05) is 11.6 Å². The number of carbonyl (C=O) groups is 1. The van der Waals surface area contributed by atoms with Crippen LogP contribution in [0.2, 0.25) is 0 Å². The first-order chi connectivity index (χ1) is 18.4. The third-order valence-electron chi connectivity index (χ3n) is 5.29. The third-order valence-corrected chi connectivity index (χ3v) is 6.85. The molecule has 13 heteroatoms. The fraction of sp³-hybridized carbons (Fsp3) is 0.370. The molecule has 1 N–H and O–H groups in total. The molecule has 0 bridgehead atoms. The van der Waals surface area contributed by atoms with E-state index in [4.69, 9.17) is 9.47 Å². The quantitative estimate of drug-likeness (QED) is 0.143. The Kier molecular flexibility index (Phi) is 7.69. The average Bonchev–Trinajstić information content (AvgIpc) is 3.19. The summed E-state index contributed by atoms with van der Waals surface area (Å²) in [4.78, 5) is 20.6. The Morgan fingerprint density at radius 2 is 1.62 bits per heavy atom. The van der Waals surface area contributed by atoms with Gasteiger partial charge in [0.15, 0.2) is 11.0 Å². The Hall–Kier alpha value is -3.19. The van der Waals surface area contributed by atoms with Gasteiger partial charge in [-0.3, -0.25) is 5.32 Å². The molecule has 0 unspecified atom stereocenters. The number of fused-ring (bicyclic) bond motifs is 2. The summed E-state index contributed by atoms with van der Waals surface area (Å²) >= 11 is 2.02. The Morgan fingerprint density at radius 3 is 2.20 bits per heavy atom. The highest BCUT2D eigenvalue weighted by atomic mass is 32.2. The first-order valence-electron chi connectivity index (χ1n) is 11.9. The van der Waals surface area contributed by atoms with Crippen LogP contribution in [-0.2, 0) is 10.9 Å². The van der Waals surface area contributed by atoms with Crippen molar-refractivity contribution >= 4 is 55.2 Å². The molecule has 0 saturated carbocycles. The summed E-state index contributed by atoms with van der Waals surface area (Å²) in [6.07, 6.45) is -4.26. The number of ether oxygens (including phenoxy) is 2. The van der Waals surface area contributed by atoms with Crippen LogP contribution in [0.1, 0.15) is 47.1 Å². The van der Waals surface area contributed by atoms with Gasteiger partial charge >= 0.3 is 12.3 Å². The van der Waals surface area contributed by atoms with Gasteiger partial charge in [-0.15, -0.1) is 11.3 Å². The van der Waals surface area contributed by atoms with Crippen molar-refractivity contribution in [2.45, 2.75) is 64.1 Å². The standard InChI is InChI=1S/C27H26F5N3O3S2/c1-25(2,3)37-22-13-10-14(27(30,31)32)19(20(29)21(13)34-23(35-22)39-7)18-12-11-17(33-24(36)38-26(4,5)6)40-16(12)9-8-15(18)28/h8-11H,1-7H3,(H,33,36). The molecule has 2 aromatic carbocycles. The highest BCUT2D eigenvalue weighted by Crippen LogP contribution is 2.47. The average molecular weight is 600 g/mol. The van der Waals surface area contributed by atoms with Crippen LogP contribution in [0.15, 0.2) is 29.4 Å². The fourth-order valence-corrected chi connectivity index (χ4v) is 5.22. The lowest BCUT2D eigenvalue weighted by molar-refractivity contribution is -0.137. The van der Waals surface area contributed by atoms with Crippen LogP contribution in [0.3, 0.4) is 0 Å². The number of alkyl halides is 3. The van der Waals surface area contributed by atoms with Crippen molar-refractivity contribution in [3.05, 3.63) is 41.5 Å². The molecule has 0 saturated heterocycles. The normalized spacial score (nSPS) is 12.7. The molecule has 0 aliphatic carbocycles. The van der Waals surface area contributed by atoms with Crippen molar-refractivity contribution in [3.63, 3.8) is 0 Å². The van der Waals surface area contributed by atoms with E-state index >= 15 is 8.78 Å². The van der Waals surface area contributed by atoms with Crippen LogP contribution in [0, 0.1) is 11.6 Å². The van der Waals surface area contributed by atoms with Crippen molar-refractivity contribution in [1.29, 1.82) is 0 Å². The molecule has 4 rings (SSSR count). The molecule has 0 radical (unpaired) electrons. The lowest BCUT2D eigenvalue weighted by Gasteiger charge is -2.23. The molecule has 6 nitrogen and oxygen atoms in total. The Labute approximate surface area is 235 Å². The zero-order valence-electron chi connectivity index (χ0n) is 22.6. The maximum Gasteiger partial charge on any atom is 0.417 e. The monoisotopic (exact) mass is 599 g/mol. The van der Waals surface area contributed by atoms with E-state index in [0.29, 0.717) is 10.8 Å². The van der Waals surface area contributed by atoms with E-state index in [1.54, 1.807) is 47.8 Å². The highest BCUT2D eigenvalue weighted by molar-refractivity contribution is 7.98. The van der Waals surface area contributed by atoms with Crippen LogP contribution in [0.5, 0.6) is 5.88 Å². The van der Waals surface area contributed by atoms with E-state index < -0.39 is 57.3 Å². The minimum atomic E-state index is -5.08. The molecule has 0 atom stereocenters. The molecule has 40 heavy (non-hydrogen) atoms. The number of rotatable bonds is 4. The summed E-state index contributed by atoms with van der Waals surface area (Å²) in [6, 6.07) is 4.27.